The molecule has 1 heterocycles. The smallest absolute Gasteiger partial charge is 0.255 e. The maximum absolute atomic E-state index is 12.5. The van der Waals surface area contributed by atoms with E-state index in [1.54, 1.807) is 0 Å². The first-order valence-electron chi connectivity index (χ1n) is 7.82. The number of fused-ring (bicyclic) bond motifs is 1. The molecule has 22 heavy (non-hydrogen) atoms. The second-order valence-electron chi connectivity index (χ2n) is 6.31. The lowest BCUT2D eigenvalue weighted by atomic mass is 10.1. The zero-order chi connectivity index (χ0) is 15.2. The Labute approximate surface area is 130 Å². The van der Waals surface area contributed by atoms with E-state index < -0.39 is 5.60 Å². The van der Waals surface area contributed by atoms with Crippen molar-refractivity contribution in [2.24, 2.45) is 5.92 Å². The van der Waals surface area contributed by atoms with Gasteiger partial charge in [-0.15, -0.1) is 0 Å². The molecule has 1 amide bonds. The SMILES string of the molecule is O=C1N(CCc2ccccc2)C[C@@H]2[C@H](c3ccccc3)[C@]12O. The predicted molar refractivity (Wildman–Crippen MR) is 84.3 cm³/mol. The fourth-order valence-electron chi connectivity index (χ4n) is 3.80. The molecule has 112 valence electrons. The fraction of sp³-hybridized carbons (Fsp3) is 0.316. The van der Waals surface area contributed by atoms with Crippen LogP contribution in [0.5, 0.6) is 0 Å². The summed E-state index contributed by atoms with van der Waals surface area (Å²) in [7, 11) is 0. The highest BCUT2D eigenvalue weighted by Gasteiger charge is 2.74. The molecule has 1 saturated heterocycles. The van der Waals surface area contributed by atoms with Crippen LogP contribution in [0.1, 0.15) is 17.0 Å². The van der Waals surface area contributed by atoms with Gasteiger partial charge in [-0.05, 0) is 17.5 Å². The number of carbonyl (C=O) groups is 1. The molecular formula is C19H19NO2. The van der Waals surface area contributed by atoms with Crippen LogP contribution < -0.4 is 0 Å². The summed E-state index contributed by atoms with van der Waals surface area (Å²) in [6, 6.07) is 20.0. The maximum Gasteiger partial charge on any atom is 0.255 e. The summed E-state index contributed by atoms with van der Waals surface area (Å²) in [5, 5.41) is 10.7. The van der Waals surface area contributed by atoms with E-state index in [4.69, 9.17) is 0 Å². The van der Waals surface area contributed by atoms with Crippen LogP contribution >= 0.6 is 0 Å². The van der Waals surface area contributed by atoms with Gasteiger partial charge in [0.1, 0.15) is 0 Å². The average Bonchev–Trinajstić information content (AvgIpc) is 3.09. The lowest BCUT2D eigenvalue weighted by Gasteiger charge is -2.21. The van der Waals surface area contributed by atoms with Crippen molar-refractivity contribution in [2.75, 3.05) is 13.1 Å². The number of carbonyl (C=O) groups excluding carboxylic acids is 1. The molecule has 1 aliphatic heterocycles. The lowest BCUT2D eigenvalue weighted by Crippen LogP contribution is -2.37. The molecule has 2 aromatic carbocycles. The van der Waals surface area contributed by atoms with E-state index in [2.05, 4.69) is 12.1 Å². The van der Waals surface area contributed by atoms with Crippen molar-refractivity contribution in [2.45, 2.75) is 17.9 Å². The molecule has 2 fully saturated rings. The van der Waals surface area contributed by atoms with Gasteiger partial charge in [-0.25, -0.2) is 0 Å². The van der Waals surface area contributed by atoms with Crippen molar-refractivity contribution in [3.05, 3.63) is 71.8 Å². The summed E-state index contributed by atoms with van der Waals surface area (Å²) < 4.78 is 0. The van der Waals surface area contributed by atoms with Gasteiger partial charge in [0.25, 0.3) is 5.91 Å². The Kier molecular flexibility index (Phi) is 3.05. The summed E-state index contributed by atoms with van der Waals surface area (Å²) >= 11 is 0. The molecule has 0 aromatic heterocycles. The number of benzene rings is 2. The second-order valence-corrected chi connectivity index (χ2v) is 6.31. The minimum atomic E-state index is -1.15. The molecule has 0 unspecified atom stereocenters. The van der Waals surface area contributed by atoms with Crippen LogP contribution in [0.2, 0.25) is 0 Å². The van der Waals surface area contributed by atoms with E-state index >= 15 is 0 Å². The summed E-state index contributed by atoms with van der Waals surface area (Å²) in [6.45, 7) is 1.35. The minimum Gasteiger partial charge on any atom is -0.379 e. The van der Waals surface area contributed by atoms with E-state index in [-0.39, 0.29) is 17.7 Å². The Morgan fingerprint density at radius 3 is 2.27 bits per heavy atom. The normalized spacial score (nSPS) is 29.5. The van der Waals surface area contributed by atoms with Crippen LogP contribution in [0.25, 0.3) is 0 Å². The molecule has 2 aliphatic rings. The number of aliphatic hydroxyl groups is 1. The molecule has 1 aliphatic carbocycles. The molecule has 3 atom stereocenters. The van der Waals surface area contributed by atoms with Crippen molar-refractivity contribution in [1.82, 2.24) is 4.90 Å². The molecule has 3 nitrogen and oxygen atoms in total. The van der Waals surface area contributed by atoms with Gasteiger partial charge in [0.15, 0.2) is 5.60 Å². The summed E-state index contributed by atoms with van der Waals surface area (Å²) in [4.78, 5) is 14.4. The van der Waals surface area contributed by atoms with Gasteiger partial charge in [0, 0.05) is 24.9 Å². The Morgan fingerprint density at radius 1 is 1.05 bits per heavy atom. The Balaban J connectivity index is 1.43. The third-order valence-corrected chi connectivity index (χ3v) is 5.05. The largest absolute Gasteiger partial charge is 0.379 e. The van der Waals surface area contributed by atoms with E-state index in [9.17, 15) is 9.90 Å². The summed E-state index contributed by atoms with van der Waals surface area (Å²) in [5.41, 5.74) is 1.14. The van der Waals surface area contributed by atoms with Crippen molar-refractivity contribution in [3.8, 4) is 0 Å². The van der Waals surface area contributed by atoms with Gasteiger partial charge in [-0.2, -0.15) is 0 Å². The molecule has 0 bridgehead atoms. The lowest BCUT2D eigenvalue weighted by molar-refractivity contribution is -0.138. The number of amides is 1. The molecule has 1 saturated carbocycles. The van der Waals surface area contributed by atoms with Crippen molar-refractivity contribution < 1.29 is 9.90 Å². The van der Waals surface area contributed by atoms with Gasteiger partial charge in [-0.3, -0.25) is 4.79 Å². The van der Waals surface area contributed by atoms with Crippen LogP contribution in [-0.4, -0.2) is 34.6 Å². The highest BCUT2D eigenvalue weighted by atomic mass is 16.3. The van der Waals surface area contributed by atoms with Crippen molar-refractivity contribution in [3.63, 3.8) is 0 Å². The number of nitrogens with zero attached hydrogens (tertiary/aromatic N) is 1. The van der Waals surface area contributed by atoms with Gasteiger partial charge in [0.05, 0.1) is 0 Å². The molecular weight excluding hydrogens is 274 g/mol. The first-order chi connectivity index (χ1) is 10.7. The first kappa shape index (κ1) is 13.5. The maximum atomic E-state index is 12.5. The van der Waals surface area contributed by atoms with Crippen LogP contribution in [0.3, 0.4) is 0 Å². The van der Waals surface area contributed by atoms with Crippen LogP contribution in [0, 0.1) is 5.92 Å². The fourth-order valence-corrected chi connectivity index (χ4v) is 3.80. The Morgan fingerprint density at radius 2 is 1.68 bits per heavy atom. The summed E-state index contributed by atoms with van der Waals surface area (Å²) in [6.07, 6.45) is 0.839. The van der Waals surface area contributed by atoms with Crippen LogP contribution in [0.4, 0.5) is 0 Å². The van der Waals surface area contributed by atoms with Gasteiger partial charge in [-0.1, -0.05) is 60.7 Å². The number of piperidine rings is 1. The number of rotatable bonds is 4. The number of likely N-dealkylation sites (tertiary alicyclic amines) is 1. The molecule has 0 radical (unpaired) electrons. The molecule has 1 N–H and O–H groups in total. The minimum absolute atomic E-state index is 0.0193. The van der Waals surface area contributed by atoms with E-state index in [1.807, 2.05) is 53.4 Å². The van der Waals surface area contributed by atoms with Gasteiger partial charge in [0.2, 0.25) is 0 Å². The summed E-state index contributed by atoms with van der Waals surface area (Å²) in [5.74, 6) is -0.0605. The van der Waals surface area contributed by atoms with E-state index in [0.29, 0.717) is 13.1 Å². The van der Waals surface area contributed by atoms with Crippen molar-refractivity contribution >= 4 is 5.91 Å². The Bertz CT molecular complexity index is 685. The molecule has 3 heteroatoms. The Hall–Kier alpha value is -2.13. The molecule has 4 rings (SSSR count). The second kappa shape index (κ2) is 4.96. The number of hydrogen-bond acceptors (Lipinski definition) is 2. The topological polar surface area (TPSA) is 40.5 Å². The first-order valence-corrected chi connectivity index (χ1v) is 7.82. The van der Waals surface area contributed by atoms with Gasteiger partial charge >= 0.3 is 0 Å². The van der Waals surface area contributed by atoms with Crippen LogP contribution in [0.15, 0.2) is 60.7 Å². The molecule has 2 aromatic rings. The number of hydrogen-bond donors (Lipinski definition) is 1. The van der Waals surface area contributed by atoms with E-state index in [1.165, 1.54) is 5.56 Å². The van der Waals surface area contributed by atoms with Crippen molar-refractivity contribution in [1.29, 1.82) is 0 Å². The van der Waals surface area contributed by atoms with Crippen LogP contribution in [-0.2, 0) is 11.2 Å². The third-order valence-electron chi connectivity index (χ3n) is 5.05. The zero-order valence-electron chi connectivity index (χ0n) is 12.4. The van der Waals surface area contributed by atoms with Gasteiger partial charge < -0.3 is 10.0 Å². The quantitative estimate of drug-likeness (QED) is 0.939. The zero-order valence-corrected chi connectivity index (χ0v) is 12.4. The van der Waals surface area contributed by atoms with E-state index in [0.717, 1.165) is 12.0 Å². The highest BCUT2D eigenvalue weighted by molar-refractivity contribution is 5.94. The third kappa shape index (κ3) is 1.97. The monoisotopic (exact) mass is 293 g/mol. The standard InChI is InChI=1S/C19H19NO2/c21-18-19(22)16(17(19)15-9-5-2-6-10-15)13-20(18)12-11-14-7-3-1-4-8-14/h1-10,16-17,22H,11-13H2/t16-,17+,19+/m1/s1. The predicted octanol–water partition coefficient (Wildman–Crippen LogP) is 2.22. The highest BCUT2D eigenvalue weighted by Crippen LogP contribution is 2.62. The molecule has 0 spiro atoms. The average molecular weight is 293 g/mol.